The zero-order chi connectivity index (χ0) is 23.7. The molecule has 172 valence electrons. The number of fused-ring (bicyclic) bond motifs is 1. The number of thioether (sulfide) groups is 1. The summed E-state index contributed by atoms with van der Waals surface area (Å²) in [4.78, 5) is 52.4. The van der Waals surface area contributed by atoms with Gasteiger partial charge in [-0.15, -0.1) is 34.4 Å². The molecular weight excluding hydrogens is 528 g/mol. The molecule has 0 saturated carbocycles. The number of carboxylic acid groups (broad SMARTS) is 1. The monoisotopic (exact) mass is 544 g/mol. The molecule has 0 unspecified atom stereocenters. The molecule has 2 atom stereocenters. The predicted molar refractivity (Wildman–Crippen MR) is 123 cm³/mol. The van der Waals surface area contributed by atoms with Gasteiger partial charge < -0.3 is 25.8 Å². The van der Waals surface area contributed by atoms with E-state index in [1.165, 1.54) is 35.6 Å². The molecule has 0 spiro atoms. The number of thiazole rings is 2. The molecule has 2 aromatic rings. The molecule has 34 heavy (non-hydrogen) atoms. The maximum absolute atomic E-state index is 12.8. The number of β-lactam (4-membered cyclic amide) rings is 1. The van der Waals surface area contributed by atoms with Crippen molar-refractivity contribution in [1.82, 2.24) is 20.2 Å². The van der Waals surface area contributed by atoms with Gasteiger partial charge in [-0.25, -0.2) is 9.97 Å². The van der Waals surface area contributed by atoms with E-state index in [0.717, 1.165) is 26.8 Å². The van der Waals surface area contributed by atoms with Crippen LogP contribution in [0.15, 0.2) is 33.4 Å². The Morgan fingerprint density at radius 3 is 2.74 bits per heavy atom. The van der Waals surface area contributed by atoms with Gasteiger partial charge in [0.15, 0.2) is 10.8 Å². The van der Waals surface area contributed by atoms with Crippen LogP contribution in [0.1, 0.15) is 16.3 Å². The molecule has 2 aliphatic heterocycles. The largest absolute Gasteiger partial charge is 1.00 e. The average Bonchev–Trinajstić information content (AvgIpc) is 3.40. The number of rotatable bonds is 7. The predicted octanol–water partition coefficient (Wildman–Crippen LogP) is -3.04. The zero-order valence-corrected chi connectivity index (χ0v) is 23.9. The zero-order valence-electron chi connectivity index (χ0n) is 18.3. The topological polar surface area (TPSA) is 163 Å². The summed E-state index contributed by atoms with van der Waals surface area (Å²) in [6.07, 6.45) is 3.42. The summed E-state index contributed by atoms with van der Waals surface area (Å²) in [6, 6.07) is -0.941. The Kier molecular flexibility index (Phi) is 9.08. The SMILES string of the molecule is CO/N=C(\C(=O)N[C@@H]1C(=O)N2C(C(=O)[O-])=C(/C=C\c3scnc3C)CS[C@H]12)c1csc(N)n1.[K+]. The van der Waals surface area contributed by atoms with Crippen LogP contribution in [0.25, 0.3) is 6.08 Å². The smallest absolute Gasteiger partial charge is 0.543 e. The van der Waals surface area contributed by atoms with Gasteiger partial charge in [0.2, 0.25) is 0 Å². The van der Waals surface area contributed by atoms with Gasteiger partial charge in [0.25, 0.3) is 11.8 Å². The van der Waals surface area contributed by atoms with Crippen LogP contribution in [0.2, 0.25) is 0 Å². The van der Waals surface area contributed by atoms with Gasteiger partial charge >= 0.3 is 51.4 Å². The third-order valence-corrected chi connectivity index (χ3v) is 7.73. The molecule has 2 amide bonds. The van der Waals surface area contributed by atoms with E-state index in [1.54, 1.807) is 17.7 Å². The van der Waals surface area contributed by atoms with Gasteiger partial charge in [-0.1, -0.05) is 11.2 Å². The van der Waals surface area contributed by atoms with E-state index in [9.17, 15) is 19.5 Å². The summed E-state index contributed by atoms with van der Waals surface area (Å²) >= 11 is 3.89. The van der Waals surface area contributed by atoms with Crippen LogP contribution in [0, 0.1) is 6.92 Å². The Balaban J connectivity index is 0.00000324. The van der Waals surface area contributed by atoms with Crippen molar-refractivity contribution in [2.24, 2.45) is 5.16 Å². The fourth-order valence-corrected chi connectivity index (χ4v) is 5.87. The molecule has 4 rings (SSSR count). The number of hydrogen-bond acceptors (Lipinski definition) is 12. The standard InChI is InChI=1S/C19H18N6O5S3.K/c1-8-11(33-7-21-8)4-3-9-5-31-17-13(16(27)25(17)14(9)18(28)29)23-15(26)12(24-30-2)10-6-32-19(20)22-10;/h3-4,6-7,13,17H,5H2,1-2H3,(H2,20,22)(H,23,26)(H,28,29);/q;+1/p-1/b4-3-,24-12-;/t13-,17-;/m1./s1. The van der Waals surface area contributed by atoms with Crippen molar-refractivity contribution in [3.63, 3.8) is 0 Å². The molecule has 15 heteroatoms. The van der Waals surface area contributed by atoms with Crippen LogP contribution in [0.5, 0.6) is 0 Å². The molecule has 1 fully saturated rings. The number of aromatic nitrogens is 2. The molecule has 0 radical (unpaired) electrons. The Morgan fingerprint density at radius 2 is 2.15 bits per heavy atom. The van der Waals surface area contributed by atoms with Crippen LogP contribution in [0.4, 0.5) is 5.13 Å². The van der Waals surface area contributed by atoms with Gasteiger partial charge in [-0.2, -0.15) is 0 Å². The number of aryl methyl sites for hydroxylation is 1. The van der Waals surface area contributed by atoms with Crippen LogP contribution in [-0.2, 0) is 19.2 Å². The Bertz CT molecular complexity index is 1220. The van der Waals surface area contributed by atoms with Crippen molar-refractivity contribution in [3.8, 4) is 0 Å². The number of nitrogens with one attached hydrogen (secondary N) is 1. The number of allylic oxidation sites excluding steroid dienone is 1. The minimum absolute atomic E-state index is 0. The first-order valence-electron chi connectivity index (χ1n) is 9.42. The van der Waals surface area contributed by atoms with E-state index < -0.39 is 29.2 Å². The number of anilines is 1. The second kappa shape index (κ2) is 11.4. The van der Waals surface area contributed by atoms with Crippen molar-refractivity contribution in [1.29, 1.82) is 0 Å². The van der Waals surface area contributed by atoms with E-state index in [-0.39, 0.29) is 73.6 Å². The Hall–Kier alpha value is -1.59. The molecular formula is C19H17KN6O5S3. The van der Waals surface area contributed by atoms with Crippen LogP contribution < -0.4 is 67.5 Å². The van der Waals surface area contributed by atoms with Gasteiger partial charge in [-0.05, 0) is 18.6 Å². The number of nitrogen functional groups attached to an aromatic ring is 1. The number of oxime groups is 1. The second-order valence-electron chi connectivity index (χ2n) is 6.85. The van der Waals surface area contributed by atoms with Crippen molar-refractivity contribution in [3.05, 3.63) is 44.5 Å². The maximum atomic E-state index is 12.8. The normalized spacial score (nSPS) is 20.0. The van der Waals surface area contributed by atoms with Crippen LogP contribution >= 0.6 is 34.4 Å². The summed E-state index contributed by atoms with van der Waals surface area (Å²) < 4.78 is 0. The van der Waals surface area contributed by atoms with E-state index in [2.05, 4.69) is 20.4 Å². The molecule has 2 aromatic heterocycles. The average molecular weight is 545 g/mol. The first kappa shape index (κ1) is 27.0. The first-order chi connectivity index (χ1) is 15.8. The number of aliphatic carboxylic acids is 1. The van der Waals surface area contributed by atoms with Gasteiger partial charge in [0, 0.05) is 16.0 Å². The molecule has 2 aliphatic rings. The molecule has 0 aromatic carbocycles. The van der Waals surface area contributed by atoms with Crippen LogP contribution in [-0.4, -0.2) is 62.6 Å². The van der Waals surface area contributed by atoms with E-state index in [1.807, 2.05) is 6.92 Å². The van der Waals surface area contributed by atoms with E-state index >= 15 is 0 Å². The second-order valence-corrected chi connectivity index (χ2v) is 9.73. The number of carbonyl (C=O) groups excluding carboxylic acids is 3. The summed E-state index contributed by atoms with van der Waals surface area (Å²) in [6.45, 7) is 1.85. The Labute approximate surface area is 248 Å². The van der Waals surface area contributed by atoms with Crippen molar-refractivity contribution < 1.29 is 75.7 Å². The fraction of sp³-hybridized carbons (Fsp3) is 0.263. The maximum Gasteiger partial charge on any atom is 1.00 e. The van der Waals surface area contributed by atoms with E-state index in [0.29, 0.717) is 11.3 Å². The number of nitrogens with zero attached hydrogens (tertiary/aromatic N) is 4. The molecule has 11 nitrogen and oxygen atoms in total. The molecule has 4 heterocycles. The first-order valence-corrected chi connectivity index (χ1v) is 12.2. The van der Waals surface area contributed by atoms with Gasteiger partial charge in [0.1, 0.15) is 24.2 Å². The third kappa shape index (κ3) is 5.30. The number of amides is 2. The minimum Gasteiger partial charge on any atom is -0.543 e. The van der Waals surface area contributed by atoms with Crippen LogP contribution in [0.3, 0.4) is 0 Å². The van der Waals surface area contributed by atoms with Gasteiger partial charge in [0.05, 0.1) is 22.9 Å². The quantitative estimate of drug-likeness (QED) is 0.160. The summed E-state index contributed by atoms with van der Waals surface area (Å²) in [7, 11) is 1.27. The van der Waals surface area contributed by atoms with Gasteiger partial charge in [-0.3, -0.25) is 14.5 Å². The molecule has 0 aliphatic carbocycles. The number of carbonyl (C=O) groups is 3. The number of nitrogens with two attached hydrogens (primary N) is 1. The molecule has 1 saturated heterocycles. The third-order valence-electron chi connectivity index (χ3n) is 4.86. The Morgan fingerprint density at radius 1 is 1.38 bits per heavy atom. The number of carboxylic acids is 1. The fourth-order valence-electron chi connectivity index (χ4n) is 3.31. The summed E-state index contributed by atoms with van der Waals surface area (Å²) in [5.41, 5.74) is 8.45. The molecule has 0 bridgehead atoms. The minimum atomic E-state index is -1.46. The van der Waals surface area contributed by atoms with Crippen molar-refractivity contribution >= 4 is 69.1 Å². The summed E-state index contributed by atoms with van der Waals surface area (Å²) in [5, 5.41) is 19.4. The van der Waals surface area contributed by atoms with Crippen molar-refractivity contribution in [2.75, 3.05) is 18.6 Å². The summed E-state index contributed by atoms with van der Waals surface area (Å²) in [5.74, 6) is -2.39. The number of hydrogen-bond donors (Lipinski definition) is 2. The molecule has 3 N–H and O–H groups in total. The van der Waals surface area contributed by atoms with E-state index in [4.69, 9.17) is 10.6 Å². The van der Waals surface area contributed by atoms with Crippen molar-refractivity contribution in [2.45, 2.75) is 18.3 Å².